The fourth-order valence-electron chi connectivity index (χ4n) is 5.91. The van der Waals surface area contributed by atoms with Crippen LogP contribution in [0.4, 0.5) is 10.2 Å². The van der Waals surface area contributed by atoms with Crippen molar-refractivity contribution in [3.8, 4) is 17.0 Å². The lowest BCUT2D eigenvalue weighted by molar-refractivity contribution is -0.128. The predicted molar refractivity (Wildman–Crippen MR) is 150 cm³/mol. The first-order valence-electron chi connectivity index (χ1n) is 13.2. The number of ether oxygens (including phenoxy) is 1. The van der Waals surface area contributed by atoms with Crippen molar-refractivity contribution in [2.24, 2.45) is 0 Å². The van der Waals surface area contributed by atoms with Crippen LogP contribution in [0, 0.1) is 12.7 Å². The van der Waals surface area contributed by atoms with Crippen LogP contribution in [0.5, 0.6) is 5.75 Å². The zero-order chi connectivity index (χ0) is 28.2. The van der Waals surface area contributed by atoms with Gasteiger partial charge in [-0.1, -0.05) is 30.3 Å². The molecular formula is C29H35ClFN5O3. The summed E-state index contributed by atoms with van der Waals surface area (Å²) in [7, 11) is 4.08. The van der Waals surface area contributed by atoms with Crippen LogP contribution in [-0.4, -0.2) is 96.0 Å². The Morgan fingerprint density at radius 1 is 1.28 bits per heavy atom. The molecule has 3 aliphatic rings. The summed E-state index contributed by atoms with van der Waals surface area (Å²) in [6.07, 6.45) is 2.13. The fraction of sp³-hybridized carbons (Fsp3) is 0.483. The van der Waals surface area contributed by atoms with E-state index in [1.165, 1.54) is 6.08 Å². The zero-order valence-corrected chi connectivity index (χ0v) is 23.9. The van der Waals surface area contributed by atoms with Crippen molar-refractivity contribution in [1.29, 1.82) is 0 Å². The van der Waals surface area contributed by atoms with E-state index in [-0.39, 0.29) is 63.6 Å². The van der Waals surface area contributed by atoms with Gasteiger partial charge >= 0.3 is 0 Å². The molecule has 2 fully saturated rings. The first-order chi connectivity index (χ1) is 18.4. The summed E-state index contributed by atoms with van der Waals surface area (Å²) in [5.41, 5.74) is 0.915. The number of pyridine rings is 1. The smallest absolute Gasteiger partial charge is 0.261 e. The number of carbonyl (C=O) groups is 2. The quantitative estimate of drug-likeness (QED) is 0.531. The van der Waals surface area contributed by atoms with Gasteiger partial charge in [-0.3, -0.25) is 9.59 Å². The lowest BCUT2D eigenvalue weighted by atomic mass is 9.98. The first kappa shape index (κ1) is 27.4. The van der Waals surface area contributed by atoms with E-state index in [0.29, 0.717) is 37.6 Å². The van der Waals surface area contributed by atoms with Gasteiger partial charge in [-0.15, -0.1) is 0 Å². The largest absolute Gasteiger partial charge is 0.489 e. The molecule has 1 aromatic carbocycles. The maximum absolute atomic E-state index is 15.4. The number of aromatic nitrogens is 1. The summed E-state index contributed by atoms with van der Waals surface area (Å²) in [6, 6.07) is 4.96. The van der Waals surface area contributed by atoms with Gasteiger partial charge in [0.05, 0.1) is 11.7 Å². The zero-order valence-electron chi connectivity index (χ0n) is 23.1. The highest BCUT2D eigenvalue weighted by Gasteiger charge is 2.46. The molecule has 0 radical (unpaired) electrons. The molecular weight excluding hydrogens is 521 g/mol. The molecule has 2 saturated heterocycles. The standard InChI is InChI=1S/C29H35ClFN5O3/c1-7-21(37)34-11-12-35-19(14-34)16-39-26-22(28(35)38)27(36-15-18(33(5)6)13-29(36,3)4)32-25(23(26)30)20-10-8-9-17(2)24(20)31/h7-10,18-19H,1,11-16H2,2-6H3/t18-,19+/m0/s1. The molecule has 2 aromatic rings. The Labute approximate surface area is 234 Å². The maximum Gasteiger partial charge on any atom is 0.261 e. The molecule has 0 unspecified atom stereocenters. The second-order valence-corrected chi connectivity index (χ2v) is 11.8. The summed E-state index contributed by atoms with van der Waals surface area (Å²) in [5, 5.41) is 0.103. The number of anilines is 1. The lowest BCUT2D eigenvalue weighted by Crippen LogP contribution is -2.57. The van der Waals surface area contributed by atoms with Gasteiger partial charge in [0.25, 0.3) is 5.91 Å². The topological polar surface area (TPSA) is 69.2 Å². The number of rotatable bonds is 4. The van der Waals surface area contributed by atoms with Gasteiger partial charge in [0.15, 0.2) is 5.75 Å². The van der Waals surface area contributed by atoms with Gasteiger partial charge in [0.2, 0.25) is 5.91 Å². The van der Waals surface area contributed by atoms with Crippen LogP contribution in [-0.2, 0) is 4.79 Å². The van der Waals surface area contributed by atoms with E-state index in [2.05, 4.69) is 30.2 Å². The molecule has 4 heterocycles. The fourth-order valence-corrected chi connectivity index (χ4v) is 6.20. The van der Waals surface area contributed by atoms with Crippen LogP contribution in [0.25, 0.3) is 11.3 Å². The van der Waals surface area contributed by atoms with Crippen molar-refractivity contribution in [2.75, 3.05) is 51.8 Å². The molecule has 10 heteroatoms. The van der Waals surface area contributed by atoms with Crippen LogP contribution < -0.4 is 9.64 Å². The molecule has 3 aliphatic heterocycles. The van der Waals surface area contributed by atoms with E-state index in [9.17, 15) is 9.59 Å². The van der Waals surface area contributed by atoms with Crippen LogP contribution >= 0.6 is 11.6 Å². The van der Waals surface area contributed by atoms with Crippen molar-refractivity contribution in [1.82, 2.24) is 19.7 Å². The maximum atomic E-state index is 15.4. The third kappa shape index (κ3) is 4.65. The van der Waals surface area contributed by atoms with E-state index < -0.39 is 5.82 Å². The third-order valence-corrected chi connectivity index (χ3v) is 8.58. The average Bonchev–Trinajstić information content (AvgIpc) is 3.15. The van der Waals surface area contributed by atoms with Gasteiger partial charge in [-0.2, -0.15) is 0 Å². The van der Waals surface area contributed by atoms with E-state index in [1.807, 2.05) is 14.1 Å². The number of nitrogens with zero attached hydrogens (tertiary/aromatic N) is 5. The Morgan fingerprint density at radius 2 is 2.03 bits per heavy atom. The second kappa shape index (κ2) is 10.1. The van der Waals surface area contributed by atoms with E-state index in [1.54, 1.807) is 34.9 Å². The van der Waals surface area contributed by atoms with E-state index >= 15 is 4.39 Å². The molecule has 5 rings (SSSR count). The number of hydrogen-bond donors (Lipinski definition) is 0. The summed E-state index contributed by atoms with van der Waals surface area (Å²) < 4.78 is 21.7. The van der Waals surface area contributed by atoms with Crippen LogP contribution in [0.15, 0.2) is 30.9 Å². The minimum Gasteiger partial charge on any atom is -0.489 e. The Balaban J connectivity index is 1.69. The number of halogens is 2. The molecule has 0 saturated carbocycles. The SMILES string of the molecule is C=CC(=O)N1CCN2C(=O)c3c(N4C[C@@H](N(C)C)CC4(C)C)nc(-c4cccc(C)c4F)c(Cl)c3OC[C@H]2C1. The molecule has 0 aliphatic carbocycles. The molecule has 8 nitrogen and oxygen atoms in total. The molecule has 0 bridgehead atoms. The highest BCUT2D eigenvalue weighted by Crippen LogP contribution is 2.47. The Bertz CT molecular complexity index is 1350. The highest BCUT2D eigenvalue weighted by molar-refractivity contribution is 6.35. The second-order valence-electron chi connectivity index (χ2n) is 11.4. The number of benzene rings is 1. The summed E-state index contributed by atoms with van der Waals surface area (Å²) in [5.74, 6) is -0.198. The predicted octanol–water partition coefficient (Wildman–Crippen LogP) is 4.00. The third-order valence-electron chi connectivity index (χ3n) is 8.23. The van der Waals surface area contributed by atoms with Gasteiger partial charge in [0.1, 0.15) is 28.8 Å². The van der Waals surface area contributed by atoms with Gasteiger partial charge in [-0.05, 0) is 59.0 Å². The average molecular weight is 556 g/mol. The number of aryl methyl sites for hydroxylation is 1. The molecule has 0 N–H and O–H groups in total. The summed E-state index contributed by atoms with van der Waals surface area (Å²) in [6.45, 7) is 11.4. The minimum absolute atomic E-state index is 0.103. The Morgan fingerprint density at radius 3 is 2.69 bits per heavy atom. The Kier molecular flexibility index (Phi) is 7.09. The van der Waals surface area contributed by atoms with Crippen molar-refractivity contribution >= 4 is 29.2 Å². The molecule has 0 spiro atoms. The Hall–Kier alpha value is -3.17. The lowest BCUT2D eigenvalue weighted by Gasteiger charge is -2.40. The van der Waals surface area contributed by atoms with Gasteiger partial charge in [-0.25, -0.2) is 9.37 Å². The van der Waals surface area contributed by atoms with Crippen LogP contribution in [0.1, 0.15) is 36.2 Å². The van der Waals surface area contributed by atoms with E-state index in [0.717, 1.165) is 6.42 Å². The highest BCUT2D eigenvalue weighted by atomic mass is 35.5. The van der Waals surface area contributed by atoms with Crippen molar-refractivity contribution < 1.29 is 18.7 Å². The molecule has 208 valence electrons. The monoisotopic (exact) mass is 555 g/mol. The number of piperazine rings is 1. The van der Waals surface area contributed by atoms with Crippen molar-refractivity contribution in [2.45, 2.75) is 44.8 Å². The normalized spacial score (nSPS) is 22.4. The van der Waals surface area contributed by atoms with Crippen LogP contribution in [0.3, 0.4) is 0 Å². The van der Waals surface area contributed by atoms with Crippen LogP contribution in [0.2, 0.25) is 5.02 Å². The first-order valence-corrected chi connectivity index (χ1v) is 13.6. The van der Waals surface area contributed by atoms with Crippen molar-refractivity contribution in [3.05, 3.63) is 52.8 Å². The number of amides is 2. The number of carbonyl (C=O) groups excluding carboxylic acids is 2. The summed E-state index contributed by atoms with van der Waals surface area (Å²) in [4.78, 5) is 39.2. The van der Waals surface area contributed by atoms with Gasteiger partial charge in [0, 0.05) is 43.3 Å². The van der Waals surface area contributed by atoms with Gasteiger partial charge < -0.3 is 24.3 Å². The van der Waals surface area contributed by atoms with E-state index in [4.69, 9.17) is 21.3 Å². The molecule has 2 amide bonds. The minimum atomic E-state index is -0.416. The molecule has 2 atom stereocenters. The van der Waals surface area contributed by atoms with Crippen molar-refractivity contribution in [3.63, 3.8) is 0 Å². The number of hydrogen-bond acceptors (Lipinski definition) is 6. The number of fused-ring (bicyclic) bond motifs is 2. The summed E-state index contributed by atoms with van der Waals surface area (Å²) >= 11 is 6.92. The molecule has 39 heavy (non-hydrogen) atoms. The molecule has 1 aromatic heterocycles. The number of likely N-dealkylation sites (N-methyl/N-ethyl adjacent to an activating group) is 1.